The third kappa shape index (κ3) is 5.51. The number of amides is 2. The van der Waals surface area contributed by atoms with Gasteiger partial charge in [0.05, 0.1) is 35.2 Å². The van der Waals surface area contributed by atoms with Crippen molar-refractivity contribution in [3.63, 3.8) is 0 Å². The second-order valence-corrected chi connectivity index (χ2v) is 9.12. The van der Waals surface area contributed by atoms with Gasteiger partial charge < -0.3 is 15.4 Å². The number of aromatic nitrogens is 3. The molecule has 2 aromatic rings. The van der Waals surface area contributed by atoms with Crippen LogP contribution in [0.5, 0.6) is 0 Å². The molecule has 8 heteroatoms. The molecule has 8 nitrogen and oxygen atoms in total. The first kappa shape index (κ1) is 22.5. The van der Waals surface area contributed by atoms with Crippen molar-refractivity contribution < 1.29 is 14.3 Å². The fraction of sp³-hybridized carbons (Fsp3) is 0.478. The molecule has 0 aliphatic carbocycles. The van der Waals surface area contributed by atoms with Gasteiger partial charge in [-0.1, -0.05) is 26.0 Å². The molecule has 0 radical (unpaired) electrons. The lowest BCUT2D eigenvalue weighted by Crippen LogP contribution is -2.35. The van der Waals surface area contributed by atoms with E-state index in [9.17, 15) is 9.59 Å². The van der Waals surface area contributed by atoms with Gasteiger partial charge >= 0.3 is 6.09 Å². The molecule has 0 unspecified atom stereocenters. The average Bonchev–Trinajstić information content (AvgIpc) is 3.01. The second kappa shape index (κ2) is 8.91. The standard InChI is InChI=1S/C23H31N5O3/c1-14(2)16-8-7-9-17(27-22(30)31-23(3,4)5)18-12-15(10-11-24-18)20-19(26-21(16)29)13-25-28(20)6/h7-8,10-14,16-17H,9H2,1-6H3,(H,26,29)(H,27,30)/b8-7-/t16-,17-/m0/s1. The molecule has 1 aliphatic rings. The molecule has 2 amide bonds. The number of aryl methyl sites for hydroxylation is 1. The van der Waals surface area contributed by atoms with Crippen molar-refractivity contribution in [1.29, 1.82) is 0 Å². The maximum Gasteiger partial charge on any atom is 0.408 e. The fourth-order valence-electron chi connectivity index (χ4n) is 3.55. The van der Waals surface area contributed by atoms with E-state index >= 15 is 0 Å². The Bertz CT molecular complexity index is 987. The third-order valence-electron chi connectivity index (χ3n) is 5.04. The van der Waals surface area contributed by atoms with Crippen molar-refractivity contribution in [2.45, 2.75) is 52.7 Å². The maximum absolute atomic E-state index is 13.0. The summed E-state index contributed by atoms with van der Waals surface area (Å²) in [6.07, 6.45) is 7.13. The Morgan fingerprint density at radius 3 is 2.77 bits per heavy atom. The summed E-state index contributed by atoms with van der Waals surface area (Å²) in [4.78, 5) is 30.0. The number of hydrogen-bond donors (Lipinski definition) is 2. The van der Waals surface area contributed by atoms with Crippen LogP contribution in [-0.4, -0.2) is 32.4 Å². The molecule has 2 aromatic heterocycles. The highest BCUT2D eigenvalue weighted by Gasteiger charge is 2.25. The first-order chi connectivity index (χ1) is 14.5. The van der Waals surface area contributed by atoms with Crippen molar-refractivity contribution in [3.05, 3.63) is 42.4 Å². The summed E-state index contributed by atoms with van der Waals surface area (Å²) in [7, 11) is 1.83. The molecule has 1 aliphatic heterocycles. The number of pyridine rings is 1. The zero-order valence-electron chi connectivity index (χ0n) is 19.0. The van der Waals surface area contributed by atoms with Crippen molar-refractivity contribution in [2.75, 3.05) is 5.32 Å². The molecule has 3 heterocycles. The molecule has 2 bridgehead atoms. The minimum absolute atomic E-state index is 0.0907. The number of anilines is 1. The molecule has 0 saturated heterocycles. The van der Waals surface area contributed by atoms with Crippen molar-refractivity contribution in [2.24, 2.45) is 18.9 Å². The zero-order valence-corrected chi connectivity index (χ0v) is 19.0. The van der Waals surface area contributed by atoms with Gasteiger partial charge in [0, 0.05) is 18.8 Å². The van der Waals surface area contributed by atoms with E-state index < -0.39 is 17.7 Å². The SMILES string of the molecule is CC(C)[C@@H]1/C=C\C[C@H](NC(=O)OC(C)(C)C)c2cc(ccn2)-c2c(cnn2C)NC1=O. The molecule has 3 rings (SSSR count). The van der Waals surface area contributed by atoms with Gasteiger partial charge in [0.15, 0.2) is 0 Å². The summed E-state index contributed by atoms with van der Waals surface area (Å²) < 4.78 is 7.16. The summed E-state index contributed by atoms with van der Waals surface area (Å²) in [5, 5.41) is 10.3. The minimum atomic E-state index is -0.606. The summed E-state index contributed by atoms with van der Waals surface area (Å²) >= 11 is 0. The number of alkyl carbamates (subject to hydrolysis) is 1. The van der Waals surface area contributed by atoms with Crippen LogP contribution in [0.15, 0.2) is 36.7 Å². The molecule has 0 fully saturated rings. The van der Waals surface area contributed by atoms with Crippen molar-refractivity contribution in [3.8, 4) is 11.3 Å². The van der Waals surface area contributed by atoms with Gasteiger partial charge in [0.2, 0.25) is 5.91 Å². The average molecular weight is 426 g/mol. The van der Waals surface area contributed by atoms with Crippen LogP contribution in [0.25, 0.3) is 11.3 Å². The number of rotatable bonds is 2. The quantitative estimate of drug-likeness (QED) is 0.702. The van der Waals surface area contributed by atoms with E-state index in [-0.39, 0.29) is 17.7 Å². The number of nitrogens with one attached hydrogen (secondary N) is 2. The Morgan fingerprint density at radius 1 is 1.35 bits per heavy atom. The molecule has 31 heavy (non-hydrogen) atoms. The van der Waals surface area contributed by atoms with E-state index in [4.69, 9.17) is 4.74 Å². The molecule has 166 valence electrons. The lowest BCUT2D eigenvalue weighted by molar-refractivity contribution is -0.119. The molecular weight excluding hydrogens is 394 g/mol. The minimum Gasteiger partial charge on any atom is -0.444 e. The Morgan fingerprint density at radius 2 is 2.10 bits per heavy atom. The van der Waals surface area contributed by atoms with Crippen LogP contribution in [0.2, 0.25) is 0 Å². The van der Waals surface area contributed by atoms with Gasteiger partial charge in [0.25, 0.3) is 0 Å². The van der Waals surface area contributed by atoms with Gasteiger partial charge in [0.1, 0.15) is 5.60 Å². The Labute approximate surface area is 183 Å². The third-order valence-corrected chi connectivity index (χ3v) is 5.04. The monoisotopic (exact) mass is 425 g/mol. The molecule has 0 aromatic carbocycles. The molecule has 0 spiro atoms. The number of fused-ring (bicyclic) bond motifs is 4. The first-order valence-corrected chi connectivity index (χ1v) is 10.5. The summed E-state index contributed by atoms with van der Waals surface area (Å²) in [5.74, 6) is -0.305. The van der Waals surface area contributed by atoms with E-state index in [0.29, 0.717) is 17.8 Å². The Kier molecular flexibility index (Phi) is 6.48. The van der Waals surface area contributed by atoms with E-state index in [1.165, 1.54) is 0 Å². The molecule has 2 N–H and O–H groups in total. The van der Waals surface area contributed by atoms with Gasteiger partial charge in [-0.05, 0) is 45.2 Å². The van der Waals surface area contributed by atoms with Crippen LogP contribution in [0.3, 0.4) is 0 Å². The summed E-state index contributed by atoms with van der Waals surface area (Å²) in [6, 6.07) is 3.37. The Balaban J connectivity index is 2.05. The van der Waals surface area contributed by atoms with Crippen LogP contribution in [0, 0.1) is 11.8 Å². The Hall–Kier alpha value is -3.16. The number of carbonyl (C=O) groups excluding carboxylic acids is 2. The predicted molar refractivity (Wildman–Crippen MR) is 119 cm³/mol. The molecule has 0 saturated carbocycles. The second-order valence-electron chi connectivity index (χ2n) is 9.12. The van der Waals surface area contributed by atoms with Gasteiger partial charge in [-0.2, -0.15) is 5.10 Å². The van der Waals surface area contributed by atoms with Crippen LogP contribution in [-0.2, 0) is 16.6 Å². The van der Waals surface area contributed by atoms with E-state index in [1.807, 2.05) is 66.0 Å². The van der Waals surface area contributed by atoms with Crippen LogP contribution < -0.4 is 10.6 Å². The molecule has 2 atom stereocenters. The lowest BCUT2D eigenvalue weighted by atomic mass is 9.93. The van der Waals surface area contributed by atoms with E-state index in [2.05, 4.69) is 20.7 Å². The van der Waals surface area contributed by atoms with Gasteiger partial charge in [-0.25, -0.2) is 4.79 Å². The normalized spacial score (nSPS) is 20.2. The zero-order chi connectivity index (χ0) is 22.8. The number of nitrogens with zero attached hydrogens (tertiary/aromatic N) is 3. The fourth-order valence-corrected chi connectivity index (χ4v) is 3.55. The van der Waals surface area contributed by atoms with Crippen LogP contribution in [0.4, 0.5) is 10.5 Å². The predicted octanol–water partition coefficient (Wildman–Crippen LogP) is 4.22. The number of ether oxygens (including phenoxy) is 1. The smallest absolute Gasteiger partial charge is 0.408 e. The van der Waals surface area contributed by atoms with Crippen LogP contribution in [0.1, 0.15) is 52.8 Å². The van der Waals surface area contributed by atoms with Crippen molar-refractivity contribution in [1.82, 2.24) is 20.1 Å². The van der Waals surface area contributed by atoms with E-state index in [1.54, 1.807) is 17.1 Å². The van der Waals surface area contributed by atoms with Crippen LogP contribution >= 0.6 is 0 Å². The number of carbonyl (C=O) groups is 2. The largest absolute Gasteiger partial charge is 0.444 e. The number of hydrogen-bond acceptors (Lipinski definition) is 5. The summed E-state index contributed by atoms with van der Waals surface area (Å²) in [5.41, 5.74) is 2.36. The maximum atomic E-state index is 13.0. The lowest BCUT2D eigenvalue weighted by Gasteiger charge is -2.24. The topological polar surface area (TPSA) is 98.1 Å². The highest BCUT2D eigenvalue weighted by molar-refractivity contribution is 5.97. The van der Waals surface area contributed by atoms with Crippen molar-refractivity contribution >= 4 is 17.7 Å². The van der Waals surface area contributed by atoms with E-state index in [0.717, 1.165) is 11.3 Å². The molecular formula is C23H31N5O3. The van der Waals surface area contributed by atoms with Gasteiger partial charge in [-0.3, -0.25) is 14.5 Å². The highest BCUT2D eigenvalue weighted by Crippen LogP contribution is 2.31. The van der Waals surface area contributed by atoms with Gasteiger partial charge in [-0.15, -0.1) is 0 Å². The summed E-state index contributed by atoms with van der Waals surface area (Å²) in [6.45, 7) is 9.47. The first-order valence-electron chi connectivity index (χ1n) is 10.5. The highest BCUT2D eigenvalue weighted by atomic mass is 16.6.